The van der Waals surface area contributed by atoms with Gasteiger partial charge in [0.25, 0.3) is 11.6 Å². The normalized spacial score (nSPS) is 18.1. The number of nitrogens with one attached hydrogen (secondary N) is 1. The minimum Gasteiger partial charge on any atom is -0.338 e. The van der Waals surface area contributed by atoms with Crippen LogP contribution in [0.15, 0.2) is 48.7 Å². The van der Waals surface area contributed by atoms with Crippen LogP contribution < -0.4 is 5.32 Å². The van der Waals surface area contributed by atoms with Gasteiger partial charge in [0.05, 0.1) is 22.7 Å². The lowest BCUT2D eigenvalue weighted by atomic mass is 9.93. The maximum absolute atomic E-state index is 12.6. The number of hydrogen-bond donors (Lipinski definition) is 1. The molecule has 2 atom stereocenters. The van der Waals surface area contributed by atoms with Crippen LogP contribution in [0.5, 0.6) is 0 Å². The number of hydrogen-bond acceptors (Lipinski definition) is 5. The number of non-ortho nitro benzene ring substituents is 1. The first-order valence-corrected chi connectivity index (χ1v) is 10.2. The van der Waals surface area contributed by atoms with E-state index < -0.39 is 28.3 Å². The van der Waals surface area contributed by atoms with Crippen LogP contribution in [0.1, 0.15) is 23.6 Å². The number of carbonyl (C=O) groups excluding carboxylic acids is 2. The fourth-order valence-corrected chi connectivity index (χ4v) is 3.99. The van der Waals surface area contributed by atoms with Gasteiger partial charge in [-0.3, -0.25) is 24.5 Å². The Labute approximate surface area is 182 Å². The predicted molar refractivity (Wildman–Crippen MR) is 115 cm³/mol. The molecule has 2 aromatic carbocycles. The van der Waals surface area contributed by atoms with E-state index in [1.165, 1.54) is 12.1 Å². The van der Waals surface area contributed by atoms with Gasteiger partial charge in [-0.05, 0) is 25.0 Å². The number of nitro benzene ring substituents is 1. The summed E-state index contributed by atoms with van der Waals surface area (Å²) in [7, 11) is 0. The zero-order valence-corrected chi connectivity index (χ0v) is 17.5. The van der Waals surface area contributed by atoms with Crippen molar-refractivity contribution in [3.63, 3.8) is 0 Å². The molecule has 0 spiro atoms. The number of likely N-dealkylation sites (tertiary alicyclic amines) is 1. The maximum atomic E-state index is 12.6. The molecular weight excluding hydrogens is 422 g/mol. The number of urea groups is 1. The first-order chi connectivity index (χ1) is 14.9. The molecule has 1 aliphatic heterocycles. The largest absolute Gasteiger partial charge is 0.338 e. The fourth-order valence-electron chi connectivity index (χ4n) is 3.62. The second kappa shape index (κ2) is 8.35. The lowest BCUT2D eigenvalue weighted by Gasteiger charge is -2.42. The molecule has 31 heavy (non-hydrogen) atoms. The van der Waals surface area contributed by atoms with Crippen molar-refractivity contribution in [2.75, 3.05) is 6.54 Å². The Kier molecular flexibility index (Phi) is 5.60. The molecule has 1 aromatic heterocycles. The monoisotopic (exact) mass is 441 g/mol. The summed E-state index contributed by atoms with van der Waals surface area (Å²) in [4.78, 5) is 36.4. The standard InChI is InChI=1S/C21H20ClN5O4/c1-13-3-5-14(6-4-13)19-18(22)20(28)26(19)21(29)23-9-2-10-25-17-11-16(27(30)31)8-7-15(17)12-24-25/h3-8,11-12,18-19H,2,9-10H2,1H3,(H,23,29). The summed E-state index contributed by atoms with van der Waals surface area (Å²) in [6.07, 6.45) is 2.18. The van der Waals surface area contributed by atoms with E-state index in [-0.39, 0.29) is 5.69 Å². The molecule has 1 saturated heterocycles. The molecule has 0 bridgehead atoms. The molecule has 4 rings (SSSR count). The Hall–Kier alpha value is -3.46. The van der Waals surface area contributed by atoms with Gasteiger partial charge in [-0.2, -0.15) is 5.10 Å². The van der Waals surface area contributed by atoms with Crippen molar-refractivity contribution in [3.05, 3.63) is 69.9 Å². The van der Waals surface area contributed by atoms with Gasteiger partial charge in [0.15, 0.2) is 0 Å². The van der Waals surface area contributed by atoms with Crippen LogP contribution in [0, 0.1) is 17.0 Å². The minimum atomic E-state index is -0.764. The van der Waals surface area contributed by atoms with Crippen molar-refractivity contribution in [2.45, 2.75) is 31.3 Å². The van der Waals surface area contributed by atoms with E-state index in [1.54, 1.807) is 16.9 Å². The number of nitro groups is 1. The number of imide groups is 1. The van der Waals surface area contributed by atoms with Gasteiger partial charge in [-0.25, -0.2) is 4.79 Å². The molecule has 3 aromatic rings. The number of amides is 3. The van der Waals surface area contributed by atoms with Crippen LogP contribution in [-0.2, 0) is 11.3 Å². The summed E-state index contributed by atoms with van der Waals surface area (Å²) in [5, 5.41) is 18.0. The summed E-state index contributed by atoms with van der Waals surface area (Å²) >= 11 is 6.17. The van der Waals surface area contributed by atoms with E-state index in [4.69, 9.17) is 11.6 Å². The van der Waals surface area contributed by atoms with Gasteiger partial charge in [0.2, 0.25) is 0 Å². The average molecular weight is 442 g/mol. The van der Waals surface area contributed by atoms with E-state index in [9.17, 15) is 19.7 Å². The summed E-state index contributed by atoms with van der Waals surface area (Å²) in [6, 6.07) is 11.1. The average Bonchev–Trinajstić information content (AvgIpc) is 3.17. The van der Waals surface area contributed by atoms with Crippen molar-refractivity contribution in [3.8, 4) is 0 Å². The first-order valence-electron chi connectivity index (χ1n) is 9.78. The van der Waals surface area contributed by atoms with Crippen molar-refractivity contribution in [1.29, 1.82) is 0 Å². The summed E-state index contributed by atoms with van der Waals surface area (Å²) in [6.45, 7) is 2.73. The predicted octanol–water partition coefficient (Wildman–Crippen LogP) is 3.54. The molecule has 10 heteroatoms. The molecule has 0 aliphatic carbocycles. The molecule has 2 heterocycles. The SMILES string of the molecule is Cc1ccc(C2C(Cl)C(=O)N2C(=O)NCCCn2ncc3ccc([N+](=O)[O-])cc32)cc1. The molecular formula is C21H20ClN5O4. The Morgan fingerprint density at radius 3 is 2.71 bits per heavy atom. The Balaban J connectivity index is 1.35. The van der Waals surface area contributed by atoms with Gasteiger partial charge < -0.3 is 5.32 Å². The van der Waals surface area contributed by atoms with Crippen LogP contribution in [0.25, 0.3) is 10.9 Å². The Bertz CT molecular complexity index is 1160. The quantitative estimate of drug-likeness (QED) is 0.207. The number of halogens is 1. The van der Waals surface area contributed by atoms with Crippen LogP contribution in [0.2, 0.25) is 0 Å². The third kappa shape index (κ3) is 3.96. The highest BCUT2D eigenvalue weighted by Gasteiger charge is 2.50. The molecule has 1 N–H and O–H groups in total. The second-order valence-corrected chi connectivity index (χ2v) is 7.89. The summed E-state index contributed by atoms with van der Waals surface area (Å²) < 4.78 is 1.66. The zero-order chi connectivity index (χ0) is 22.1. The Morgan fingerprint density at radius 2 is 2.00 bits per heavy atom. The van der Waals surface area contributed by atoms with E-state index in [2.05, 4.69) is 10.4 Å². The number of fused-ring (bicyclic) bond motifs is 1. The Morgan fingerprint density at radius 1 is 1.26 bits per heavy atom. The van der Waals surface area contributed by atoms with Crippen LogP contribution in [0.3, 0.4) is 0 Å². The lowest BCUT2D eigenvalue weighted by molar-refractivity contribution is -0.384. The van der Waals surface area contributed by atoms with Crippen LogP contribution >= 0.6 is 11.6 Å². The molecule has 3 amide bonds. The third-order valence-corrected chi connectivity index (χ3v) is 5.75. The summed E-state index contributed by atoms with van der Waals surface area (Å²) in [5.41, 5.74) is 2.54. The van der Waals surface area contributed by atoms with Crippen molar-refractivity contribution >= 4 is 40.1 Å². The molecule has 160 valence electrons. The van der Waals surface area contributed by atoms with E-state index in [0.29, 0.717) is 25.0 Å². The number of aryl methyl sites for hydroxylation is 2. The molecule has 0 radical (unpaired) electrons. The van der Waals surface area contributed by atoms with E-state index in [0.717, 1.165) is 21.4 Å². The fraction of sp³-hybridized carbons (Fsp3) is 0.286. The van der Waals surface area contributed by atoms with Gasteiger partial charge in [-0.1, -0.05) is 29.8 Å². The lowest BCUT2D eigenvalue weighted by Crippen LogP contribution is -2.61. The molecule has 9 nitrogen and oxygen atoms in total. The third-order valence-electron chi connectivity index (χ3n) is 5.33. The van der Waals surface area contributed by atoms with Crippen LogP contribution in [0.4, 0.5) is 10.5 Å². The highest BCUT2D eigenvalue weighted by atomic mass is 35.5. The number of benzene rings is 2. The second-order valence-electron chi connectivity index (χ2n) is 7.42. The molecule has 1 aliphatic rings. The van der Waals surface area contributed by atoms with Gasteiger partial charge in [-0.15, -0.1) is 11.6 Å². The van der Waals surface area contributed by atoms with Gasteiger partial charge in [0.1, 0.15) is 5.38 Å². The molecule has 2 unspecified atom stereocenters. The zero-order valence-electron chi connectivity index (χ0n) is 16.7. The first kappa shape index (κ1) is 20.8. The van der Waals surface area contributed by atoms with E-state index >= 15 is 0 Å². The topological polar surface area (TPSA) is 110 Å². The number of alkyl halides is 1. The van der Waals surface area contributed by atoms with Crippen molar-refractivity contribution in [1.82, 2.24) is 20.0 Å². The number of carbonyl (C=O) groups is 2. The number of rotatable bonds is 6. The number of aromatic nitrogens is 2. The van der Waals surface area contributed by atoms with Crippen molar-refractivity contribution < 1.29 is 14.5 Å². The van der Waals surface area contributed by atoms with E-state index in [1.807, 2.05) is 31.2 Å². The molecule has 1 fully saturated rings. The van der Waals surface area contributed by atoms with Crippen LogP contribution in [-0.4, -0.2) is 43.5 Å². The van der Waals surface area contributed by atoms with Gasteiger partial charge >= 0.3 is 6.03 Å². The highest BCUT2D eigenvalue weighted by molar-refractivity contribution is 6.35. The highest BCUT2D eigenvalue weighted by Crippen LogP contribution is 2.38. The number of β-lactam (4-membered cyclic amide) rings is 1. The summed E-state index contributed by atoms with van der Waals surface area (Å²) in [5.74, 6) is -0.421. The smallest absolute Gasteiger partial charge is 0.324 e. The van der Waals surface area contributed by atoms with Gasteiger partial charge in [0, 0.05) is 30.6 Å². The minimum absolute atomic E-state index is 0.00313. The number of nitrogens with zero attached hydrogens (tertiary/aromatic N) is 4. The maximum Gasteiger partial charge on any atom is 0.324 e. The molecule has 0 saturated carbocycles. The van der Waals surface area contributed by atoms with Crippen molar-refractivity contribution in [2.24, 2.45) is 0 Å².